The van der Waals surface area contributed by atoms with Gasteiger partial charge in [0.05, 0.1) is 0 Å². The van der Waals surface area contributed by atoms with Crippen molar-refractivity contribution in [3.05, 3.63) is 0 Å². The zero-order valence-corrected chi connectivity index (χ0v) is 9.12. The Morgan fingerprint density at radius 3 is 2.29 bits per heavy atom. The van der Waals surface area contributed by atoms with E-state index in [0.29, 0.717) is 0 Å². The van der Waals surface area contributed by atoms with Crippen molar-refractivity contribution in [1.82, 2.24) is 4.90 Å². The lowest BCUT2D eigenvalue weighted by molar-refractivity contribution is -0.125. The Morgan fingerprint density at radius 2 is 1.86 bits per heavy atom. The van der Waals surface area contributed by atoms with Crippen molar-refractivity contribution in [1.29, 1.82) is 0 Å². The SMILES string of the molecule is CC(C)(C)C(O)OC(=O)N1CCCC1. The molecule has 1 fully saturated rings. The predicted octanol–water partition coefficient (Wildman–Crippen LogP) is 1.58. The van der Waals surface area contributed by atoms with Crippen LogP contribution in [0.2, 0.25) is 0 Å². The highest BCUT2D eigenvalue weighted by Gasteiger charge is 2.28. The summed E-state index contributed by atoms with van der Waals surface area (Å²) < 4.78 is 4.94. The highest BCUT2D eigenvalue weighted by atomic mass is 16.6. The lowest BCUT2D eigenvalue weighted by atomic mass is 9.96. The fourth-order valence-electron chi connectivity index (χ4n) is 1.25. The van der Waals surface area contributed by atoms with Crippen LogP contribution in [0.3, 0.4) is 0 Å². The minimum absolute atomic E-state index is 0.398. The Labute approximate surface area is 84.8 Å². The molecule has 1 heterocycles. The third kappa shape index (κ3) is 2.87. The smallest absolute Gasteiger partial charge is 0.412 e. The number of ether oxygens (including phenoxy) is 1. The van der Waals surface area contributed by atoms with Gasteiger partial charge in [-0.15, -0.1) is 0 Å². The second-order valence-electron chi connectivity index (χ2n) is 4.80. The first kappa shape index (κ1) is 11.3. The third-order valence-electron chi connectivity index (χ3n) is 2.32. The van der Waals surface area contributed by atoms with E-state index in [-0.39, 0.29) is 0 Å². The van der Waals surface area contributed by atoms with Crippen molar-refractivity contribution >= 4 is 6.09 Å². The van der Waals surface area contributed by atoms with Crippen LogP contribution in [0.5, 0.6) is 0 Å². The maximum Gasteiger partial charge on any atom is 0.412 e. The van der Waals surface area contributed by atoms with Gasteiger partial charge in [-0.2, -0.15) is 0 Å². The molecule has 0 aromatic rings. The fraction of sp³-hybridized carbons (Fsp3) is 0.900. The van der Waals surface area contributed by atoms with Crippen LogP contribution in [0, 0.1) is 5.41 Å². The summed E-state index contributed by atoms with van der Waals surface area (Å²) in [5, 5.41) is 9.55. The van der Waals surface area contributed by atoms with E-state index in [4.69, 9.17) is 4.74 Å². The van der Waals surface area contributed by atoms with E-state index in [0.717, 1.165) is 25.9 Å². The maximum atomic E-state index is 11.4. The lowest BCUT2D eigenvalue weighted by Crippen LogP contribution is -2.37. The monoisotopic (exact) mass is 201 g/mol. The Balaban J connectivity index is 2.40. The van der Waals surface area contributed by atoms with Gasteiger partial charge in [0.15, 0.2) is 0 Å². The molecule has 0 saturated carbocycles. The zero-order chi connectivity index (χ0) is 10.8. The van der Waals surface area contributed by atoms with Crippen LogP contribution in [-0.4, -0.2) is 35.5 Å². The topological polar surface area (TPSA) is 49.8 Å². The van der Waals surface area contributed by atoms with E-state index in [2.05, 4.69) is 0 Å². The van der Waals surface area contributed by atoms with Gasteiger partial charge in [0.2, 0.25) is 6.29 Å². The second kappa shape index (κ2) is 4.17. The summed E-state index contributed by atoms with van der Waals surface area (Å²) >= 11 is 0. The molecule has 1 rings (SSSR count). The van der Waals surface area contributed by atoms with Crippen LogP contribution in [-0.2, 0) is 4.74 Å². The molecule has 1 saturated heterocycles. The van der Waals surface area contributed by atoms with Gasteiger partial charge in [0.1, 0.15) is 0 Å². The summed E-state index contributed by atoms with van der Waals surface area (Å²) in [6.45, 7) is 6.98. The van der Waals surface area contributed by atoms with Gasteiger partial charge >= 0.3 is 6.09 Å². The van der Waals surface area contributed by atoms with Crippen molar-refractivity contribution in [3.8, 4) is 0 Å². The van der Waals surface area contributed by atoms with E-state index in [9.17, 15) is 9.90 Å². The van der Waals surface area contributed by atoms with Crippen LogP contribution < -0.4 is 0 Å². The molecule has 1 atom stereocenters. The molecule has 14 heavy (non-hydrogen) atoms. The predicted molar refractivity (Wildman–Crippen MR) is 52.7 cm³/mol. The Bertz CT molecular complexity index is 204. The molecule has 0 bridgehead atoms. The van der Waals surface area contributed by atoms with Crippen LogP contribution in [0.1, 0.15) is 33.6 Å². The number of nitrogens with zero attached hydrogens (tertiary/aromatic N) is 1. The summed E-state index contributed by atoms with van der Waals surface area (Å²) in [6.07, 6.45) is 0.627. The van der Waals surface area contributed by atoms with Crippen molar-refractivity contribution in [3.63, 3.8) is 0 Å². The number of aliphatic hydroxyl groups is 1. The molecule has 0 spiro atoms. The number of amides is 1. The van der Waals surface area contributed by atoms with Gasteiger partial charge in [-0.1, -0.05) is 20.8 Å². The molecule has 82 valence electrons. The van der Waals surface area contributed by atoms with Crippen LogP contribution >= 0.6 is 0 Å². The largest absolute Gasteiger partial charge is 0.419 e. The summed E-state index contributed by atoms with van der Waals surface area (Å²) in [5.41, 5.74) is -0.421. The highest BCUT2D eigenvalue weighted by molar-refractivity contribution is 5.68. The number of hydrogen-bond acceptors (Lipinski definition) is 3. The van der Waals surface area contributed by atoms with E-state index in [1.807, 2.05) is 20.8 Å². The molecule has 4 nitrogen and oxygen atoms in total. The molecule has 0 aromatic carbocycles. The number of carbonyl (C=O) groups is 1. The summed E-state index contributed by atoms with van der Waals surface area (Å²) in [7, 11) is 0. The van der Waals surface area contributed by atoms with E-state index in [1.165, 1.54) is 0 Å². The molecule has 1 aliphatic rings. The molecule has 4 heteroatoms. The van der Waals surface area contributed by atoms with Crippen molar-refractivity contribution in [2.24, 2.45) is 5.41 Å². The number of hydrogen-bond donors (Lipinski definition) is 1. The molecule has 0 aromatic heterocycles. The van der Waals surface area contributed by atoms with Gasteiger partial charge in [-0.3, -0.25) is 0 Å². The van der Waals surface area contributed by atoms with Gasteiger partial charge in [-0.25, -0.2) is 4.79 Å². The molecule has 0 aliphatic carbocycles. The standard InChI is InChI=1S/C10H19NO3/c1-10(2,3)8(12)14-9(13)11-6-4-5-7-11/h8,12H,4-7H2,1-3H3. The fourth-order valence-corrected chi connectivity index (χ4v) is 1.25. The number of rotatable bonds is 1. The van der Waals surface area contributed by atoms with Crippen LogP contribution in [0.15, 0.2) is 0 Å². The average Bonchev–Trinajstić information content (AvgIpc) is 2.53. The number of carbonyl (C=O) groups excluding carboxylic acids is 1. The van der Waals surface area contributed by atoms with Crippen molar-refractivity contribution in [2.75, 3.05) is 13.1 Å². The van der Waals surface area contributed by atoms with Gasteiger partial charge in [-0.05, 0) is 12.8 Å². The lowest BCUT2D eigenvalue weighted by Gasteiger charge is -2.27. The highest BCUT2D eigenvalue weighted by Crippen LogP contribution is 2.21. The number of likely N-dealkylation sites (tertiary alicyclic amines) is 1. The molecule has 1 amide bonds. The van der Waals surface area contributed by atoms with E-state index < -0.39 is 17.8 Å². The molecular weight excluding hydrogens is 182 g/mol. The minimum Gasteiger partial charge on any atom is -0.419 e. The minimum atomic E-state index is -1.03. The van der Waals surface area contributed by atoms with Gasteiger partial charge in [0, 0.05) is 18.5 Å². The average molecular weight is 201 g/mol. The quantitative estimate of drug-likeness (QED) is 0.655. The van der Waals surface area contributed by atoms with E-state index in [1.54, 1.807) is 4.90 Å². The van der Waals surface area contributed by atoms with Crippen LogP contribution in [0.4, 0.5) is 4.79 Å². The maximum absolute atomic E-state index is 11.4. The zero-order valence-electron chi connectivity index (χ0n) is 9.12. The Kier molecular flexibility index (Phi) is 3.37. The summed E-state index contributed by atoms with van der Waals surface area (Å²) in [6, 6.07) is 0. The third-order valence-corrected chi connectivity index (χ3v) is 2.32. The van der Waals surface area contributed by atoms with Crippen molar-refractivity contribution < 1.29 is 14.6 Å². The molecule has 1 aliphatic heterocycles. The Hall–Kier alpha value is -0.770. The van der Waals surface area contributed by atoms with Crippen LogP contribution in [0.25, 0.3) is 0 Å². The second-order valence-corrected chi connectivity index (χ2v) is 4.80. The molecule has 1 unspecified atom stereocenters. The first-order valence-electron chi connectivity index (χ1n) is 5.05. The molecular formula is C10H19NO3. The first-order chi connectivity index (χ1) is 6.41. The van der Waals surface area contributed by atoms with Crippen molar-refractivity contribution in [2.45, 2.75) is 39.9 Å². The summed E-state index contributed by atoms with van der Waals surface area (Å²) in [5.74, 6) is 0. The molecule has 1 N–H and O–H groups in total. The number of aliphatic hydroxyl groups excluding tert-OH is 1. The van der Waals surface area contributed by atoms with Gasteiger partial charge in [0.25, 0.3) is 0 Å². The van der Waals surface area contributed by atoms with E-state index >= 15 is 0 Å². The summed E-state index contributed by atoms with van der Waals surface area (Å²) in [4.78, 5) is 13.1. The first-order valence-corrected chi connectivity index (χ1v) is 5.05. The van der Waals surface area contributed by atoms with Gasteiger partial charge < -0.3 is 14.7 Å². The molecule has 0 radical (unpaired) electrons. The normalized spacial score (nSPS) is 19.6. The Morgan fingerprint density at radius 1 is 1.36 bits per heavy atom.